The van der Waals surface area contributed by atoms with Gasteiger partial charge in [0.25, 0.3) is 0 Å². The average Bonchev–Trinajstić information content (AvgIpc) is 2.49. The quantitative estimate of drug-likeness (QED) is 0.908. The highest BCUT2D eigenvalue weighted by Gasteiger charge is 2.17. The number of aromatic nitrogens is 1. The zero-order valence-corrected chi connectivity index (χ0v) is 12.3. The summed E-state index contributed by atoms with van der Waals surface area (Å²) in [5.41, 5.74) is 2.52. The maximum absolute atomic E-state index is 4.53. The Morgan fingerprint density at radius 1 is 1.10 bits per heavy atom. The summed E-state index contributed by atoms with van der Waals surface area (Å²) in [6, 6.07) is 11.4. The fraction of sp³-hybridized carbons (Fsp3) is 0.500. The summed E-state index contributed by atoms with van der Waals surface area (Å²) in [5, 5.41) is 4.97. The summed E-state index contributed by atoms with van der Waals surface area (Å²) >= 11 is 0. The van der Waals surface area contributed by atoms with Gasteiger partial charge in [-0.05, 0) is 56.2 Å². The topological polar surface area (TPSA) is 24.9 Å². The summed E-state index contributed by atoms with van der Waals surface area (Å²) in [6.07, 6.45) is 8.41. The highest BCUT2D eigenvalue weighted by molar-refractivity contribution is 5.81. The lowest BCUT2D eigenvalue weighted by Gasteiger charge is -2.27. The van der Waals surface area contributed by atoms with E-state index < -0.39 is 0 Å². The van der Waals surface area contributed by atoms with E-state index in [9.17, 15) is 0 Å². The van der Waals surface area contributed by atoms with Crippen LogP contribution in [0.15, 0.2) is 36.5 Å². The Morgan fingerprint density at radius 2 is 1.90 bits per heavy atom. The Kier molecular flexibility index (Phi) is 4.31. The minimum atomic E-state index is 0.731. The van der Waals surface area contributed by atoms with Crippen molar-refractivity contribution in [2.75, 3.05) is 6.54 Å². The van der Waals surface area contributed by atoms with E-state index in [4.69, 9.17) is 0 Å². The molecule has 0 radical (unpaired) electrons. The van der Waals surface area contributed by atoms with Crippen LogP contribution < -0.4 is 5.32 Å². The van der Waals surface area contributed by atoms with Gasteiger partial charge in [-0.25, -0.2) is 0 Å². The second-order valence-electron chi connectivity index (χ2n) is 6.15. The third-order valence-corrected chi connectivity index (χ3v) is 4.56. The molecule has 2 nitrogen and oxygen atoms in total. The predicted octanol–water partition coefficient (Wildman–Crippen LogP) is 3.95. The molecule has 0 saturated heterocycles. The molecule has 0 unspecified atom stereocenters. The molecule has 1 aliphatic carbocycles. The molecule has 3 rings (SSSR count). The number of benzene rings is 1. The molecule has 0 amide bonds. The van der Waals surface area contributed by atoms with Crippen LogP contribution in [0.5, 0.6) is 0 Å². The number of nitrogens with one attached hydrogen (secondary N) is 1. The summed E-state index contributed by atoms with van der Waals surface area (Å²) in [5.74, 6) is 0.926. The standard InChI is InChI=1S/C18H24N2/c1-14-7-9-17(10-8-14)19-13-11-16-5-2-4-15-6-3-12-20-18(15)16/h2-6,12,14,17,19H,7-11,13H2,1H3. The number of pyridine rings is 1. The molecule has 1 heterocycles. The molecule has 1 fully saturated rings. The number of hydrogen-bond donors (Lipinski definition) is 1. The molecule has 2 heteroatoms. The number of para-hydroxylation sites is 1. The van der Waals surface area contributed by atoms with Gasteiger partial charge in [-0.2, -0.15) is 0 Å². The van der Waals surface area contributed by atoms with Crippen LogP contribution in [0, 0.1) is 5.92 Å². The lowest BCUT2D eigenvalue weighted by molar-refractivity contribution is 0.309. The fourth-order valence-corrected chi connectivity index (χ4v) is 3.24. The van der Waals surface area contributed by atoms with Crippen LogP contribution in [-0.2, 0) is 6.42 Å². The van der Waals surface area contributed by atoms with E-state index in [1.807, 2.05) is 12.3 Å². The molecule has 0 bridgehead atoms. The number of nitrogens with zero attached hydrogens (tertiary/aromatic N) is 1. The monoisotopic (exact) mass is 268 g/mol. The van der Waals surface area contributed by atoms with Crippen molar-refractivity contribution in [2.24, 2.45) is 5.92 Å². The second-order valence-corrected chi connectivity index (χ2v) is 6.15. The van der Waals surface area contributed by atoms with Gasteiger partial charge in [-0.1, -0.05) is 31.2 Å². The van der Waals surface area contributed by atoms with E-state index >= 15 is 0 Å². The molecule has 1 aromatic carbocycles. The molecule has 1 N–H and O–H groups in total. The predicted molar refractivity (Wildman–Crippen MR) is 84.9 cm³/mol. The van der Waals surface area contributed by atoms with Crippen LogP contribution in [0.4, 0.5) is 0 Å². The molecule has 20 heavy (non-hydrogen) atoms. The second kappa shape index (κ2) is 6.36. The Bertz CT molecular complexity index is 551. The van der Waals surface area contributed by atoms with Gasteiger partial charge in [0.15, 0.2) is 0 Å². The number of hydrogen-bond acceptors (Lipinski definition) is 2. The van der Waals surface area contributed by atoms with Crippen molar-refractivity contribution in [3.63, 3.8) is 0 Å². The van der Waals surface area contributed by atoms with Gasteiger partial charge in [0.1, 0.15) is 0 Å². The minimum Gasteiger partial charge on any atom is -0.314 e. The normalized spacial score (nSPS) is 23.1. The van der Waals surface area contributed by atoms with Gasteiger partial charge in [-0.15, -0.1) is 0 Å². The number of rotatable bonds is 4. The van der Waals surface area contributed by atoms with E-state index in [1.165, 1.54) is 36.6 Å². The zero-order valence-electron chi connectivity index (χ0n) is 12.3. The van der Waals surface area contributed by atoms with E-state index in [0.717, 1.165) is 30.4 Å². The third-order valence-electron chi connectivity index (χ3n) is 4.56. The molecular weight excluding hydrogens is 244 g/mol. The summed E-state index contributed by atoms with van der Waals surface area (Å²) < 4.78 is 0. The molecular formula is C18H24N2. The van der Waals surface area contributed by atoms with E-state index in [0.29, 0.717) is 0 Å². The molecule has 1 saturated carbocycles. The van der Waals surface area contributed by atoms with Crippen molar-refractivity contribution in [3.05, 3.63) is 42.1 Å². The van der Waals surface area contributed by atoms with Crippen LogP contribution in [0.25, 0.3) is 10.9 Å². The Morgan fingerprint density at radius 3 is 2.75 bits per heavy atom. The van der Waals surface area contributed by atoms with Gasteiger partial charge >= 0.3 is 0 Å². The Hall–Kier alpha value is -1.41. The smallest absolute Gasteiger partial charge is 0.0734 e. The van der Waals surface area contributed by atoms with Crippen LogP contribution in [0.1, 0.15) is 38.2 Å². The minimum absolute atomic E-state index is 0.731. The van der Waals surface area contributed by atoms with E-state index in [1.54, 1.807) is 0 Å². The first-order valence-corrected chi connectivity index (χ1v) is 7.89. The molecule has 2 aromatic rings. The van der Waals surface area contributed by atoms with E-state index in [-0.39, 0.29) is 0 Å². The molecule has 106 valence electrons. The highest BCUT2D eigenvalue weighted by atomic mass is 14.9. The van der Waals surface area contributed by atoms with Gasteiger partial charge in [0.2, 0.25) is 0 Å². The lowest BCUT2D eigenvalue weighted by atomic mass is 9.87. The fourth-order valence-electron chi connectivity index (χ4n) is 3.24. The van der Waals surface area contributed by atoms with Gasteiger partial charge < -0.3 is 5.32 Å². The largest absolute Gasteiger partial charge is 0.314 e. The van der Waals surface area contributed by atoms with E-state index in [2.05, 4.69) is 41.5 Å². The van der Waals surface area contributed by atoms with Crippen LogP contribution in [0.3, 0.4) is 0 Å². The molecule has 0 aliphatic heterocycles. The van der Waals surface area contributed by atoms with Crippen LogP contribution >= 0.6 is 0 Å². The summed E-state index contributed by atoms with van der Waals surface area (Å²) in [6.45, 7) is 3.44. The van der Waals surface area contributed by atoms with Crippen molar-refractivity contribution in [1.82, 2.24) is 10.3 Å². The lowest BCUT2D eigenvalue weighted by Crippen LogP contribution is -2.34. The van der Waals surface area contributed by atoms with Gasteiger partial charge in [0.05, 0.1) is 5.52 Å². The van der Waals surface area contributed by atoms with Crippen LogP contribution in [-0.4, -0.2) is 17.6 Å². The first kappa shape index (κ1) is 13.6. The van der Waals surface area contributed by atoms with Crippen molar-refractivity contribution in [3.8, 4) is 0 Å². The molecule has 0 atom stereocenters. The number of fused-ring (bicyclic) bond motifs is 1. The van der Waals surface area contributed by atoms with Crippen molar-refractivity contribution in [2.45, 2.75) is 45.1 Å². The zero-order chi connectivity index (χ0) is 13.8. The van der Waals surface area contributed by atoms with Crippen molar-refractivity contribution < 1.29 is 0 Å². The third kappa shape index (κ3) is 3.18. The molecule has 1 aliphatic rings. The van der Waals surface area contributed by atoms with Gasteiger partial charge in [0, 0.05) is 17.6 Å². The summed E-state index contributed by atoms with van der Waals surface area (Å²) in [4.78, 5) is 4.53. The average molecular weight is 268 g/mol. The maximum atomic E-state index is 4.53. The van der Waals surface area contributed by atoms with Crippen molar-refractivity contribution in [1.29, 1.82) is 0 Å². The maximum Gasteiger partial charge on any atom is 0.0734 e. The van der Waals surface area contributed by atoms with Crippen LogP contribution in [0.2, 0.25) is 0 Å². The first-order chi connectivity index (χ1) is 9.83. The molecule has 0 spiro atoms. The summed E-state index contributed by atoms with van der Waals surface area (Å²) in [7, 11) is 0. The SMILES string of the molecule is CC1CCC(NCCc2cccc3cccnc23)CC1. The van der Waals surface area contributed by atoms with Crippen molar-refractivity contribution >= 4 is 10.9 Å². The first-order valence-electron chi connectivity index (χ1n) is 7.89. The Balaban J connectivity index is 1.57. The molecule has 1 aromatic heterocycles. The van der Waals surface area contributed by atoms with Gasteiger partial charge in [-0.3, -0.25) is 4.98 Å². The highest BCUT2D eigenvalue weighted by Crippen LogP contribution is 2.23. The Labute approximate surface area is 121 Å².